The summed E-state index contributed by atoms with van der Waals surface area (Å²) in [6.45, 7) is 2.31. The van der Waals surface area contributed by atoms with Crippen LogP contribution in [0.4, 0.5) is 5.69 Å². The summed E-state index contributed by atoms with van der Waals surface area (Å²) in [5, 5.41) is 2.70. The predicted octanol–water partition coefficient (Wildman–Crippen LogP) is 2.89. The van der Waals surface area contributed by atoms with Crippen LogP contribution in [0.15, 0.2) is 47.4 Å². The fourth-order valence-electron chi connectivity index (χ4n) is 2.43. The Balaban J connectivity index is 1.70. The molecule has 1 amide bonds. The van der Waals surface area contributed by atoms with Crippen molar-refractivity contribution in [1.29, 1.82) is 0 Å². The number of rotatable bonds is 7. The molecule has 3 rings (SSSR count). The largest absolute Gasteiger partial charge is 0.492 e. The number of nitrogens with one attached hydrogen (secondary N) is 1. The highest BCUT2D eigenvalue weighted by atomic mass is 32.2. The van der Waals surface area contributed by atoms with E-state index in [1.54, 1.807) is 36.4 Å². The zero-order valence-corrected chi connectivity index (χ0v) is 15.6. The number of para-hydroxylation sites is 2. The third-order valence-corrected chi connectivity index (χ3v) is 5.93. The van der Waals surface area contributed by atoms with Crippen LogP contribution in [0.5, 0.6) is 5.75 Å². The lowest BCUT2D eigenvalue weighted by Gasteiger charge is -2.11. The van der Waals surface area contributed by atoms with Gasteiger partial charge in [0.15, 0.2) is 9.84 Å². The summed E-state index contributed by atoms with van der Waals surface area (Å²) in [6.07, 6.45) is -0.170. The number of benzene rings is 2. The summed E-state index contributed by atoms with van der Waals surface area (Å²) < 4.78 is 38.7. The first kappa shape index (κ1) is 18.3. The Kier molecular flexibility index (Phi) is 5.48. The number of carbonyl (C=O) groups excluding carboxylic acids is 1. The normalized spacial score (nSPS) is 11.4. The SMILES string of the molecule is CCOc1ccccc1NC(=O)CCS(=O)(=O)c1cccc2nsnc12. The molecule has 3 aromatic rings. The Hall–Kier alpha value is -2.52. The molecule has 0 unspecified atom stereocenters. The maximum Gasteiger partial charge on any atom is 0.225 e. The standard InChI is InChI=1S/C17H17N3O4S2/c1-2-24-14-8-4-3-6-12(14)18-16(21)10-11-26(22,23)15-9-5-7-13-17(15)20-25-19-13/h3-9H,2,10-11H2,1H3,(H,18,21). The fourth-order valence-corrected chi connectivity index (χ4v) is 4.45. The summed E-state index contributed by atoms with van der Waals surface area (Å²) in [7, 11) is -3.65. The Morgan fingerprint density at radius 1 is 1.15 bits per heavy atom. The molecule has 26 heavy (non-hydrogen) atoms. The second kappa shape index (κ2) is 7.79. The maximum atomic E-state index is 12.6. The summed E-state index contributed by atoms with van der Waals surface area (Å²) in [4.78, 5) is 12.3. The molecule has 0 aliphatic carbocycles. The number of sulfone groups is 1. The summed E-state index contributed by atoms with van der Waals surface area (Å²) in [5.74, 6) is -0.166. The van der Waals surface area contributed by atoms with E-state index in [2.05, 4.69) is 14.1 Å². The molecule has 0 saturated carbocycles. The Morgan fingerprint density at radius 3 is 2.77 bits per heavy atom. The first-order valence-electron chi connectivity index (χ1n) is 7.97. The quantitative estimate of drug-likeness (QED) is 0.665. The van der Waals surface area contributed by atoms with Crippen LogP contribution in [0.3, 0.4) is 0 Å². The monoisotopic (exact) mass is 391 g/mol. The maximum absolute atomic E-state index is 12.6. The third kappa shape index (κ3) is 4.00. The molecule has 0 aliphatic heterocycles. The van der Waals surface area contributed by atoms with E-state index in [9.17, 15) is 13.2 Å². The fraction of sp³-hybridized carbons (Fsp3) is 0.235. The highest BCUT2D eigenvalue weighted by molar-refractivity contribution is 7.91. The van der Waals surface area contributed by atoms with Crippen LogP contribution in [0, 0.1) is 0 Å². The van der Waals surface area contributed by atoms with Gasteiger partial charge in [0.2, 0.25) is 5.91 Å². The average molecular weight is 391 g/mol. The molecule has 1 aromatic heterocycles. The van der Waals surface area contributed by atoms with Crippen LogP contribution in [0.1, 0.15) is 13.3 Å². The molecular formula is C17H17N3O4S2. The van der Waals surface area contributed by atoms with Crippen LogP contribution in [0.25, 0.3) is 11.0 Å². The highest BCUT2D eigenvalue weighted by Gasteiger charge is 2.21. The minimum atomic E-state index is -3.65. The van der Waals surface area contributed by atoms with Crippen LogP contribution >= 0.6 is 11.7 Å². The second-order valence-electron chi connectivity index (χ2n) is 5.43. The van der Waals surface area contributed by atoms with Gasteiger partial charge in [0, 0.05) is 6.42 Å². The van der Waals surface area contributed by atoms with Crippen molar-refractivity contribution in [2.75, 3.05) is 17.7 Å². The molecule has 7 nitrogen and oxygen atoms in total. The van der Waals surface area contributed by atoms with Gasteiger partial charge in [-0.05, 0) is 31.2 Å². The summed E-state index contributed by atoms with van der Waals surface area (Å²) >= 11 is 0.958. The molecule has 9 heteroatoms. The zero-order chi connectivity index (χ0) is 18.6. The second-order valence-corrected chi connectivity index (χ2v) is 8.04. The molecule has 136 valence electrons. The Bertz CT molecular complexity index is 1030. The van der Waals surface area contributed by atoms with Crippen molar-refractivity contribution in [3.63, 3.8) is 0 Å². The molecule has 1 N–H and O–H groups in total. The molecule has 1 heterocycles. The van der Waals surface area contributed by atoms with Crippen LogP contribution in [0.2, 0.25) is 0 Å². The van der Waals surface area contributed by atoms with Gasteiger partial charge in [-0.25, -0.2) is 8.42 Å². The number of amides is 1. The van der Waals surface area contributed by atoms with Crippen molar-refractivity contribution in [3.05, 3.63) is 42.5 Å². The smallest absolute Gasteiger partial charge is 0.225 e. The molecule has 0 aliphatic rings. The van der Waals surface area contributed by atoms with Crippen molar-refractivity contribution in [2.45, 2.75) is 18.2 Å². The van der Waals surface area contributed by atoms with Crippen LogP contribution in [-0.2, 0) is 14.6 Å². The molecule has 0 radical (unpaired) electrons. The number of carbonyl (C=O) groups is 1. The minimum absolute atomic E-state index is 0.103. The van der Waals surface area contributed by atoms with E-state index in [1.807, 2.05) is 6.92 Å². The van der Waals surface area contributed by atoms with Gasteiger partial charge in [-0.1, -0.05) is 18.2 Å². The van der Waals surface area contributed by atoms with Gasteiger partial charge in [-0.2, -0.15) is 8.75 Å². The Labute approximate surface area is 155 Å². The van der Waals surface area contributed by atoms with Crippen molar-refractivity contribution in [2.24, 2.45) is 0 Å². The van der Waals surface area contributed by atoms with E-state index < -0.39 is 15.7 Å². The number of fused-ring (bicyclic) bond motifs is 1. The topological polar surface area (TPSA) is 98.2 Å². The molecule has 0 spiro atoms. The number of hydrogen-bond donors (Lipinski definition) is 1. The van der Waals surface area contributed by atoms with Gasteiger partial charge in [0.25, 0.3) is 0 Å². The van der Waals surface area contributed by atoms with Gasteiger partial charge in [-0.3, -0.25) is 4.79 Å². The van der Waals surface area contributed by atoms with Crippen molar-refractivity contribution >= 4 is 44.2 Å². The molecule has 0 atom stereocenters. The highest BCUT2D eigenvalue weighted by Crippen LogP contribution is 2.25. The zero-order valence-electron chi connectivity index (χ0n) is 14.0. The van der Waals surface area contributed by atoms with Gasteiger partial charge >= 0.3 is 0 Å². The number of aromatic nitrogens is 2. The molecular weight excluding hydrogens is 374 g/mol. The number of anilines is 1. The molecule has 0 bridgehead atoms. The van der Waals surface area contributed by atoms with E-state index >= 15 is 0 Å². The number of hydrogen-bond acceptors (Lipinski definition) is 7. The Morgan fingerprint density at radius 2 is 1.96 bits per heavy atom. The summed E-state index contributed by atoms with van der Waals surface area (Å²) in [5.41, 5.74) is 1.40. The third-order valence-electron chi connectivity index (χ3n) is 3.64. The van der Waals surface area contributed by atoms with Crippen molar-refractivity contribution < 1.29 is 17.9 Å². The molecule has 2 aromatic carbocycles. The lowest BCUT2D eigenvalue weighted by Crippen LogP contribution is -2.18. The number of nitrogens with zero attached hydrogens (tertiary/aromatic N) is 2. The average Bonchev–Trinajstić information content (AvgIpc) is 3.10. The van der Waals surface area contributed by atoms with E-state index in [-0.39, 0.29) is 17.1 Å². The predicted molar refractivity (Wildman–Crippen MR) is 100 cm³/mol. The number of ether oxygens (including phenoxy) is 1. The van der Waals surface area contributed by atoms with Gasteiger partial charge < -0.3 is 10.1 Å². The van der Waals surface area contributed by atoms with E-state index in [0.29, 0.717) is 29.1 Å². The van der Waals surface area contributed by atoms with E-state index in [4.69, 9.17) is 4.74 Å². The van der Waals surface area contributed by atoms with Crippen LogP contribution in [-0.4, -0.2) is 35.4 Å². The van der Waals surface area contributed by atoms with Gasteiger partial charge in [0.05, 0.1) is 34.7 Å². The lowest BCUT2D eigenvalue weighted by molar-refractivity contribution is -0.115. The lowest BCUT2D eigenvalue weighted by atomic mass is 10.3. The van der Waals surface area contributed by atoms with Gasteiger partial charge in [-0.15, -0.1) is 0 Å². The molecule has 0 saturated heterocycles. The van der Waals surface area contributed by atoms with Crippen LogP contribution < -0.4 is 10.1 Å². The van der Waals surface area contributed by atoms with E-state index in [0.717, 1.165) is 11.7 Å². The van der Waals surface area contributed by atoms with Crippen molar-refractivity contribution in [3.8, 4) is 5.75 Å². The first-order chi connectivity index (χ1) is 12.5. The van der Waals surface area contributed by atoms with Gasteiger partial charge in [0.1, 0.15) is 16.8 Å². The van der Waals surface area contributed by atoms with Crippen molar-refractivity contribution in [1.82, 2.24) is 8.75 Å². The first-order valence-corrected chi connectivity index (χ1v) is 10.4. The minimum Gasteiger partial charge on any atom is -0.492 e. The van der Waals surface area contributed by atoms with E-state index in [1.165, 1.54) is 6.07 Å². The summed E-state index contributed by atoms with van der Waals surface area (Å²) in [6, 6.07) is 11.8. The molecule has 0 fully saturated rings.